The highest BCUT2D eigenvalue weighted by atomic mass is 35.5. The van der Waals surface area contributed by atoms with E-state index in [0.717, 1.165) is 16.6 Å². The van der Waals surface area contributed by atoms with Gasteiger partial charge in [-0.05, 0) is 36.4 Å². The van der Waals surface area contributed by atoms with Crippen molar-refractivity contribution < 1.29 is 45.8 Å². The van der Waals surface area contributed by atoms with Crippen LogP contribution in [0.15, 0.2) is 70.1 Å². The molecule has 0 aliphatic carbocycles. The number of ether oxygens (including phenoxy) is 3. The maximum Gasteiger partial charge on any atom is 0.336 e. The highest BCUT2D eigenvalue weighted by Crippen LogP contribution is 2.38. The zero-order chi connectivity index (χ0) is 25.4. The number of methoxy groups -OCH3 is 3. The minimum Gasteiger partial charge on any atom is -1.00 e. The Labute approximate surface area is 218 Å². The van der Waals surface area contributed by atoms with Crippen molar-refractivity contribution in [2.45, 2.75) is 13.1 Å². The zero-order valence-electron chi connectivity index (χ0n) is 20.4. The predicted molar refractivity (Wildman–Crippen MR) is 132 cm³/mol. The van der Waals surface area contributed by atoms with E-state index in [1.54, 1.807) is 27.4 Å². The fourth-order valence-electron chi connectivity index (χ4n) is 4.50. The number of rotatable bonds is 7. The van der Waals surface area contributed by atoms with E-state index in [9.17, 15) is 15.0 Å². The number of hydrogen-bond acceptors (Lipinski definition) is 7. The molecule has 9 nitrogen and oxygen atoms in total. The lowest BCUT2D eigenvalue weighted by atomic mass is 10.1. The third-order valence-corrected chi connectivity index (χ3v) is 6.15. The lowest BCUT2D eigenvalue weighted by molar-refractivity contribution is -0.663. The Morgan fingerprint density at radius 2 is 1.65 bits per heavy atom. The Balaban J connectivity index is 0.00000320. The first kappa shape index (κ1) is 25.7. The first-order valence-electron chi connectivity index (χ1n) is 11.2. The third kappa shape index (κ3) is 4.61. The molecule has 0 bridgehead atoms. The lowest BCUT2D eigenvalue weighted by Gasteiger charge is -2.13. The number of imidazole rings is 1. The van der Waals surface area contributed by atoms with E-state index in [1.165, 1.54) is 12.1 Å². The normalized spacial score (nSPS) is 10.9. The summed E-state index contributed by atoms with van der Waals surface area (Å²) >= 11 is 0. The second kappa shape index (κ2) is 10.3. The number of halogens is 1. The van der Waals surface area contributed by atoms with Crippen LogP contribution in [0.1, 0.15) is 11.1 Å². The third-order valence-electron chi connectivity index (χ3n) is 6.15. The summed E-state index contributed by atoms with van der Waals surface area (Å²) in [4.78, 5) is 12.2. The number of aromatic hydroxyl groups is 2. The summed E-state index contributed by atoms with van der Waals surface area (Å²) in [6, 6.07) is 16.1. The van der Waals surface area contributed by atoms with E-state index in [-0.39, 0.29) is 23.7 Å². The molecule has 0 atom stereocenters. The van der Waals surface area contributed by atoms with Gasteiger partial charge in [-0.15, -0.1) is 0 Å². The molecule has 2 N–H and O–H groups in total. The zero-order valence-corrected chi connectivity index (χ0v) is 21.2. The van der Waals surface area contributed by atoms with E-state index in [4.69, 9.17) is 18.6 Å². The van der Waals surface area contributed by atoms with Crippen LogP contribution >= 0.6 is 0 Å². The minimum absolute atomic E-state index is 0. The Morgan fingerprint density at radius 3 is 2.32 bits per heavy atom. The highest BCUT2D eigenvalue weighted by molar-refractivity contribution is 5.87. The number of nitrogens with zero attached hydrogens (tertiary/aromatic N) is 2. The fourth-order valence-corrected chi connectivity index (χ4v) is 4.50. The van der Waals surface area contributed by atoms with Crippen LogP contribution in [0.25, 0.3) is 22.0 Å². The first-order valence-corrected chi connectivity index (χ1v) is 11.2. The van der Waals surface area contributed by atoms with E-state index in [0.29, 0.717) is 41.3 Å². The molecule has 2 aromatic heterocycles. The second-order valence-corrected chi connectivity index (χ2v) is 8.29. The number of hydrogen-bond donors (Lipinski definition) is 2. The molecule has 5 rings (SSSR count). The minimum atomic E-state index is -0.611. The molecule has 0 spiro atoms. The summed E-state index contributed by atoms with van der Waals surface area (Å²) < 4.78 is 25.7. The van der Waals surface area contributed by atoms with Crippen LogP contribution in [0.4, 0.5) is 0 Å². The molecule has 5 aromatic rings. The molecule has 0 saturated heterocycles. The van der Waals surface area contributed by atoms with Crippen molar-refractivity contribution in [3.63, 3.8) is 0 Å². The van der Waals surface area contributed by atoms with Crippen molar-refractivity contribution >= 4 is 22.0 Å². The monoisotopic (exact) mass is 524 g/mol. The fraction of sp³-hybridized carbons (Fsp3) is 0.185. The van der Waals surface area contributed by atoms with Crippen molar-refractivity contribution in [1.29, 1.82) is 0 Å². The molecular weight excluding hydrogens is 500 g/mol. The van der Waals surface area contributed by atoms with Crippen molar-refractivity contribution in [2.75, 3.05) is 21.3 Å². The standard InChI is InChI=1S/C27H24N2O7.ClH/c1-33-22-10-16(11-23(34-2)27(22)35-3)13-28-15-29(20-7-5-4-6-19(20)28)14-17-12-24(31)36-26-18(17)8-9-21(30)25(26)32;/h4-12,15H,13-14H2,1-3H3,(H-,30,31,32);1H. The van der Waals surface area contributed by atoms with Gasteiger partial charge in [0.15, 0.2) is 33.9 Å². The van der Waals surface area contributed by atoms with Crippen molar-refractivity contribution in [3.8, 4) is 28.7 Å². The summed E-state index contributed by atoms with van der Waals surface area (Å²) in [7, 11) is 4.73. The van der Waals surface area contributed by atoms with Gasteiger partial charge in [0.25, 0.3) is 0 Å². The molecule has 2 heterocycles. The van der Waals surface area contributed by atoms with E-state index in [1.807, 2.05) is 47.3 Å². The van der Waals surface area contributed by atoms with Crippen molar-refractivity contribution in [1.82, 2.24) is 4.57 Å². The van der Waals surface area contributed by atoms with Crippen molar-refractivity contribution in [3.05, 3.63) is 82.5 Å². The Kier molecular flexibility index (Phi) is 7.17. The van der Waals surface area contributed by atoms with Gasteiger partial charge >= 0.3 is 5.63 Å². The van der Waals surface area contributed by atoms with Gasteiger partial charge in [-0.25, -0.2) is 13.9 Å². The van der Waals surface area contributed by atoms with E-state index < -0.39 is 11.4 Å². The second-order valence-electron chi connectivity index (χ2n) is 8.29. The maximum atomic E-state index is 12.2. The molecule has 0 fully saturated rings. The van der Waals surface area contributed by atoms with E-state index in [2.05, 4.69) is 4.57 Å². The topological polar surface area (TPSA) is 107 Å². The SMILES string of the molecule is COc1cc(C[n+]2cn(Cc3cc(=O)oc4c(O)c(O)ccc34)c3ccccc32)cc(OC)c1OC.[Cl-]. The molecule has 0 aliphatic rings. The molecule has 192 valence electrons. The van der Waals surface area contributed by atoms with Gasteiger partial charge in [-0.3, -0.25) is 0 Å². The van der Waals surface area contributed by atoms with Crippen LogP contribution in [0.2, 0.25) is 0 Å². The van der Waals surface area contributed by atoms with Crippen LogP contribution in [-0.4, -0.2) is 36.1 Å². The largest absolute Gasteiger partial charge is 1.00 e. The van der Waals surface area contributed by atoms with Gasteiger partial charge in [0, 0.05) is 22.6 Å². The average molecular weight is 525 g/mol. The Hall–Kier alpha value is -4.37. The van der Waals surface area contributed by atoms with Gasteiger partial charge in [0.2, 0.25) is 17.8 Å². The smallest absolute Gasteiger partial charge is 0.336 e. The molecule has 0 aliphatic heterocycles. The van der Waals surface area contributed by atoms with Gasteiger partial charge < -0.3 is 41.2 Å². The summed E-state index contributed by atoms with van der Waals surface area (Å²) in [6.07, 6.45) is 1.97. The van der Waals surface area contributed by atoms with Crippen LogP contribution in [0.5, 0.6) is 28.7 Å². The number of phenolic OH excluding ortho intramolecular Hbond substituents is 2. The van der Waals surface area contributed by atoms with Gasteiger partial charge in [-0.2, -0.15) is 0 Å². The lowest BCUT2D eigenvalue weighted by Crippen LogP contribution is -3.00. The number of fused-ring (bicyclic) bond motifs is 2. The quantitative estimate of drug-likeness (QED) is 0.182. The van der Waals surface area contributed by atoms with Gasteiger partial charge in [-0.1, -0.05) is 12.1 Å². The van der Waals surface area contributed by atoms with Crippen LogP contribution in [0.3, 0.4) is 0 Å². The van der Waals surface area contributed by atoms with Crippen molar-refractivity contribution in [2.24, 2.45) is 0 Å². The van der Waals surface area contributed by atoms with Crippen LogP contribution < -0.4 is 36.8 Å². The number of benzene rings is 3. The average Bonchev–Trinajstić information content (AvgIpc) is 3.22. The molecule has 3 aromatic carbocycles. The first-order chi connectivity index (χ1) is 17.4. The molecule has 37 heavy (non-hydrogen) atoms. The van der Waals surface area contributed by atoms with Crippen LogP contribution in [-0.2, 0) is 13.1 Å². The Morgan fingerprint density at radius 1 is 0.946 bits per heavy atom. The number of aromatic nitrogens is 2. The molecule has 0 radical (unpaired) electrons. The Bertz CT molecular complexity index is 1630. The maximum absolute atomic E-state index is 12.2. The number of para-hydroxylation sites is 2. The summed E-state index contributed by atoms with van der Waals surface area (Å²) in [5.41, 5.74) is 2.88. The highest BCUT2D eigenvalue weighted by Gasteiger charge is 2.21. The van der Waals surface area contributed by atoms with Gasteiger partial charge in [0.05, 0.1) is 21.3 Å². The van der Waals surface area contributed by atoms with Crippen LogP contribution in [0, 0.1) is 0 Å². The number of phenols is 2. The van der Waals surface area contributed by atoms with Gasteiger partial charge in [0.1, 0.15) is 13.1 Å². The molecule has 10 heteroatoms. The predicted octanol–water partition coefficient (Wildman–Crippen LogP) is 0.573. The summed E-state index contributed by atoms with van der Waals surface area (Å²) in [5.74, 6) is 0.863. The molecule has 0 unspecified atom stereocenters. The summed E-state index contributed by atoms with van der Waals surface area (Å²) in [5, 5.41) is 20.6. The summed E-state index contributed by atoms with van der Waals surface area (Å²) in [6.45, 7) is 0.867. The molecular formula is C27H25ClN2O7. The molecule has 0 amide bonds. The molecule has 0 saturated carbocycles. The van der Waals surface area contributed by atoms with E-state index >= 15 is 0 Å².